The number of nitrogens with one attached hydrogen (secondary N) is 1. The van der Waals surface area contributed by atoms with Gasteiger partial charge in [0.1, 0.15) is 6.54 Å². The van der Waals surface area contributed by atoms with Gasteiger partial charge in [-0.1, -0.05) is 12.1 Å². The minimum Gasteiger partial charge on any atom is -0.352 e. The maximum Gasteiger partial charge on any atom is 0.240 e. The molecule has 128 valence electrons. The predicted octanol–water partition coefficient (Wildman–Crippen LogP) is 1.85. The molecule has 1 N–H and O–H groups in total. The van der Waals surface area contributed by atoms with Gasteiger partial charge in [-0.3, -0.25) is 19.6 Å². The Morgan fingerprint density at radius 3 is 2.84 bits per heavy atom. The van der Waals surface area contributed by atoms with Crippen molar-refractivity contribution in [2.45, 2.75) is 32.9 Å². The SMILES string of the molecule is Cc1cc(=O)c2ccccc2n1CC(=O)N[C@@H](C)Cc1cnccn1. The highest BCUT2D eigenvalue weighted by Crippen LogP contribution is 2.12. The predicted molar refractivity (Wildman–Crippen MR) is 96.3 cm³/mol. The van der Waals surface area contributed by atoms with Crippen LogP contribution in [0.25, 0.3) is 10.9 Å². The van der Waals surface area contributed by atoms with Gasteiger partial charge in [0, 0.05) is 48.2 Å². The van der Waals surface area contributed by atoms with Crippen molar-refractivity contribution in [1.29, 1.82) is 0 Å². The molecule has 2 aromatic heterocycles. The van der Waals surface area contributed by atoms with Gasteiger partial charge in [0.2, 0.25) is 5.91 Å². The lowest BCUT2D eigenvalue weighted by molar-refractivity contribution is -0.122. The highest BCUT2D eigenvalue weighted by Gasteiger charge is 2.12. The summed E-state index contributed by atoms with van der Waals surface area (Å²) >= 11 is 0. The first-order valence-electron chi connectivity index (χ1n) is 8.18. The number of benzene rings is 1. The van der Waals surface area contributed by atoms with Crippen molar-refractivity contribution in [3.05, 3.63) is 70.5 Å². The molecule has 6 heteroatoms. The van der Waals surface area contributed by atoms with Crippen LogP contribution < -0.4 is 10.7 Å². The van der Waals surface area contributed by atoms with E-state index in [0.717, 1.165) is 16.9 Å². The Bertz CT molecular complexity index is 951. The minimum atomic E-state index is -0.103. The van der Waals surface area contributed by atoms with Gasteiger partial charge in [-0.25, -0.2) is 0 Å². The van der Waals surface area contributed by atoms with Crippen LogP contribution in [0.5, 0.6) is 0 Å². The van der Waals surface area contributed by atoms with Crippen LogP contribution in [0.2, 0.25) is 0 Å². The van der Waals surface area contributed by atoms with E-state index in [1.807, 2.05) is 36.6 Å². The number of aromatic nitrogens is 3. The summed E-state index contributed by atoms with van der Waals surface area (Å²) in [6, 6.07) is 8.84. The van der Waals surface area contributed by atoms with Gasteiger partial charge in [0.25, 0.3) is 0 Å². The third kappa shape index (κ3) is 3.91. The van der Waals surface area contributed by atoms with Crippen LogP contribution in [-0.2, 0) is 17.8 Å². The van der Waals surface area contributed by atoms with Crippen LogP contribution in [0, 0.1) is 6.92 Å². The zero-order valence-corrected chi connectivity index (χ0v) is 14.3. The van der Waals surface area contributed by atoms with Crippen molar-refractivity contribution in [2.24, 2.45) is 0 Å². The molecule has 0 aliphatic carbocycles. The van der Waals surface area contributed by atoms with Crippen LogP contribution in [0.3, 0.4) is 0 Å². The number of hydrogen-bond donors (Lipinski definition) is 1. The normalized spacial score (nSPS) is 12.1. The Morgan fingerprint density at radius 2 is 2.08 bits per heavy atom. The van der Waals surface area contributed by atoms with E-state index in [2.05, 4.69) is 15.3 Å². The lowest BCUT2D eigenvalue weighted by Gasteiger charge is -2.17. The van der Waals surface area contributed by atoms with Crippen LogP contribution in [0.15, 0.2) is 53.7 Å². The number of amides is 1. The van der Waals surface area contributed by atoms with Gasteiger partial charge in [-0.2, -0.15) is 0 Å². The molecule has 3 rings (SSSR count). The van der Waals surface area contributed by atoms with E-state index in [0.29, 0.717) is 11.8 Å². The number of rotatable bonds is 5. The summed E-state index contributed by atoms with van der Waals surface area (Å²) in [4.78, 5) is 32.8. The van der Waals surface area contributed by atoms with Crippen molar-refractivity contribution in [1.82, 2.24) is 19.9 Å². The van der Waals surface area contributed by atoms with Crippen molar-refractivity contribution in [3.63, 3.8) is 0 Å². The molecular weight excluding hydrogens is 316 g/mol. The summed E-state index contributed by atoms with van der Waals surface area (Å²) in [5, 5.41) is 3.60. The highest BCUT2D eigenvalue weighted by atomic mass is 16.2. The van der Waals surface area contributed by atoms with Crippen molar-refractivity contribution in [2.75, 3.05) is 0 Å². The number of nitrogens with zero attached hydrogens (tertiary/aromatic N) is 3. The standard InChI is InChI=1S/C19H20N4O2/c1-13(9-15-11-20-7-8-21-15)22-19(25)12-23-14(2)10-18(24)16-5-3-4-6-17(16)23/h3-8,10-11,13H,9,12H2,1-2H3,(H,22,25)/t13-/m0/s1. The monoisotopic (exact) mass is 336 g/mol. The van der Waals surface area contributed by atoms with E-state index in [-0.39, 0.29) is 23.9 Å². The quantitative estimate of drug-likeness (QED) is 0.771. The van der Waals surface area contributed by atoms with E-state index in [1.54, 1.807) is 30.7 Å². The number of carbonyl (C=O) groups is 1. The molecule has 25 heavy (non-hydrogen) atoms. The third-order valence-electron chi connectivity index (χ3n) is 4.07. The summed E-state index contributed by atoms with van der Waals surface area (Å²) in [6.07, 6.45) is 5.57. The molecule has 0 unspecified atom stereocenters. The molecule has 1 aromatic carbocycles. The third-order valence-corrected chi connectivity index (χ3v) is 4.07. The molecule has 0 aliphatic rings. The van der Waals surface area contributed by atoms with Crippen LogP contribution >= 0.6 is 0 Å². The molecule has 1 amide bonds. The Morgan fingerprint density at radius 1 is 1.28 bits per heavy atom. The molecule has 0 fully saturated rings. The second-order valence-electron chi connectivity index (χ2n) is 6.12. The van der Waals surface area contributed by atoms with E-state index < -0.39 is 0 Å². The van der Waals surface area contributed by atoms with Crippen LogP contribution in [0.1, 0.15) is 18.3 Å². The fourth-order valence-electron chi connectivity index (χ4n) is 2.93. The van der Waals surface area contributed by atoms with Crippen molar-refractivity contribution in [3.8, 4) is 0 Å². The lowest BCUT2D eigenvalue weighted by atomic mass is 10.1. The van der Waals surface area contributed by atoms with Gasteiger partial charge in [0.15, 0.2) is 5.43 Å². The summed E-state index contributed by atoms with van der Waals surface area (Å²) < 4.78 is 1.86. The fourth-order valence-corrected chi connectivity index (χ4v) is 2.93. The van der Waals surface area contributed by atoms with E-state index in [4.69, 9.17) is 0 Å². The molecule has 0 saturated heterocycles. The molecule has 0 saturated carbocycles. The number of hydrogen-bond acceptors (Lipinski definition) is 4. The molecule has 3 aromatic rings. The Labute approximate surface area is 145 Å². The number of fused-ring (bicyclic) bond motifs is 1. The zero-order valence-electron chi connectivity index (χ0n) is 14.3. The Hall–Kier alpha value is -3.02. The van der Waals surface area contributed by atoms with Gasteiger partial charge in [0.05, 0.1) is 11.2 Å². The largest absolute Gasteiger partial charge is 0.352 e. The molecule has 0 bridgehead atoms. The number of aryl methyl sites for hydroxylation is 1. The first-order chi connectivity index (χ1) is 12.0. The summed E-state index contributed by atoms with van der Waals surface area (Å²) in [7, 11) is 0. The van der Waals surface area contributed by atoms with Crippen LogP contribution in [-0.4, -0.2) is 26.5 Å². The zero-order chi connectivity index (χ0) is 17.8. The van der Waals surface area contributed by atoms with Gasteiger partial charge in [-0.05, 0) is 26.0 Å². The van der Waals surface area contributed by atoms with Gasteiger partial charge in [-0.15, -0.1) is 0 Å². The van der Waals surface area contributed by atoms with Crippen LogP contribution in [0.4, 0.5) is 0 Å². The minimum absolute atomic E-state index is 0.0271. The average molecular weight is 336 g/mol. The summed E-state index contributed by atoms with van der Waals surface area (Å²) in [5.41, 5.74) is 2.34. The molecule has 6 nitrogen and oxygen atoms in total. The molecule has 1 atom stereocenters. The lowest BCUT2D eigenvalue weighted by Crippen LogP contribution is -2.37. The van der Waals surface area contributed by atoms with Gasteiger partial charge < -0.3 is 9.88 Å². The molecular formula is C19H20N4O2. The Kier molecular flexibility index (Phi) is 4.88. The maximum absolute atomic E-state index is 12.4. The fraction of sp³-hybridized carbons (Fsp3) is 0.263. The average Bonchev–Trinajstić information content (AvgIpc) is 2.59. The summed E-state index contributed by atoms with van der Waals surface area (Å²) in [6.45, 7) is 3.94. The van der Waals surface area contributed by atoms with Crippen molar-refractivity contribution < 1.29 is 4.79 Å². The topological polar surface area (TPSA) is 76.9 Å². The smallest absolute Gasteiger partial charge is 0.240 e. The number of pyridine rings is 1. The summed E-state index contributed by atoms with van der Waals surface area (Å²) in [5.74, 6) is -0.103. The van der Waals surface area contributed by atoms with E-state index in [1.165, 1.54) is 0 Å². The highest BCUT2D eigenvalue weighted by molar-refractivity contribution is 5.82. The molecule has 2 heterocycles. The molecule has 0 spiro atoms. The molecule has 0 aliphatic heterocycles. The van der Waals surface area contributed by atoms with E-state index >= 15 is 0 Å². The van der Waals surface area contributed by atoms with Crippen molar-refractivity contribution >= 4 is 16.8 Å². The molecule has 0 radical (unpaired) electrons. The second kappa shape index (κ2) is 7.25. The Balaban J connectivity index is 1.75. The first-order valence-corrected chi connectivity index (χ1v) is 8.18. The van der Waals surface area contributed by atoms with Gasteiger partial charge >= 0.3 is 0 Å². The second-order valence-corrected chi connectivity index (χ2v) is 6.12. The number of para-hydroxylation sites is 1. The first kappa shape index (κ1) is 16.8. The van der Waals surface area contributed by atoms with E-state index in [9.17, 15) is 9.59 Å². The number of carbonyl (C=O) groups excluding carboxylic acids is 1. The maximum atomic E-state index is 12.4.